The Morgan fingerprint density at radius 3 is 2.81 bits per heavy atom. The summed E-state index contributed by atoms with van der Waals surface area (Å²) in [4.78, 5) is 15.0. The zero-order chi connectivity index (χ0) is 15.4. The molecule has 0 heterocycles. The number of halogens is 2. The molecule has 5 heteroatoms. The molecule has 0 bridgehead atoms. The molecule has 2 rings (SSSR count). The number of amides is 1. The Morgan fingerprint density at radius 1 is 1.43 bits per heavy atom. The minimum atomic E-state index is 0.119. The van der Waals surface area contributed by atoms with E-state index in [1.54, 1.807) is 0 Å². The maximum atomic E-state index is 13.0. The average Bonchev–Trinajstić information content (AvgIpc) is 2.50. The number of hydrogen-bond donors (Lipinski definition) is 1. The summed E-state index contributed by atoms with van der Waals surface area (Å²) in [5.41, 5.74) is 6.69. The largest absolute Gasteiger partial charge is 0.336 e. The monoisotopic (exact) mass is 464 g/mol. The first-order valence-electron chi connectivity index (χ1n) is 7.54. The minimum absolute atomic E-state index is 0.119. The van der Waals surface area contributed by atoms with E-state index in [1.807, 2.05) is 23.1 Å². The summed E-state index contributed by atoms with van der Waals surface area (Å²) in [6.07, 6.45) is 4.64. The van der Waals surface area contributed by atoms with E-state index in [-0.39, 0.29) is 11.9 Å². The molecule has 1 aliphatic carbocycles. The standard InChI is InChI=1S/C16H22BrIN2O/c1-2-20(15-6-4-3-5-11(15)10-19)16(21)13-9-12(18)7-8-14(13)17/h7-9,11,15H,2-6,10,19H2,1H3. The van der Waals surface area contributed by atoms with Crippen molar-refractivity contribution in [3.8, 4) is 0 Å². The van der Waals surface area contributed by atoms with Crippen LogP contribution in [0.1, 0.15) is 43.0 Å². The third-order valence-electron chi connectivity index (χ3n) is 4.33. The molecule has 0 aromatic heterocycles. The molecule has 1 amide bonds. The van der Waals surface area contributed by atoms with Crippen molar-refractivity contribution in [1.29, 1.82) is 0 Å². The lowest BCUT2D eigenvalue weighted by molar-refractivity contribution is 0.0559. The van der Waals surface area contributed by atoms with Crippen LogP contribution < -0.4 is 5.73 Å². The van der Waals surface area contributed by atoms with Crippen LogP contribution >= 0.6 is 38.5 Å². The quantitative estimate of drug-likeness (QED) is 0.683. The fourth-order valence-corrected chi connectivity index (χ4v) is 4.13. The van der Waals surface area contributed by atoms with Gasteiger partial charge in [0.2, 0.25) is 0 Å². The molecular weight excluding hydrogens is 443 g/mol. The van der Waals surface area contributed by atoms with Crippen molar-refractivity contribution in [2.45, 2.75) is 38.6 Å². The highest BCUT2D eigenvalue weighted by Gasteiger charge is 2.32. The second-order valence-corrected chi connectivity index (χ2v) is 7.66. The average molecular weight is 465 g/mol. The van der Waals surface area contributed by atoms with Crippen LogP contribution in [0.15, 0.2) is 22.7 Å². The maximum absolute atomic E-state index is 13.0. The number of hydrogen-bond acceptors (Lipinski definition) is 2. The first-order valence-corrected chi connectivity index (χ1v) is 9.41. The fourth-order valence-electron chi connectivity index (χ4n) is 3.22. The third-order valence-corrected chi connectivity index (χ3v) is 5.69. The van der Waals surface area contributed by atoms with Crippen LogP contribution in [-0.4, -0.2) is 29.9 Å². The third kappa shape index (κ3) is 3.99. The molecule has 3 nitrogen and oxygen atoms in total. The lowest BCUT2D eigenvalue weighted by Crippen LogP contribution is -2.48. The maximum Gasteiger partial charge on any atom is 0.255 e. The molecule has 1 aromatic rings. The van der Waals surface area contributed by atoms with E-state index in [9.17, 15) is 4.79 Å². The lowest BCUT2D eigenvalue weighted by atomic mass is 9.83. The number of nitrogens with zero attached hydrogens (tertiary/aromatic N) is 1. The van der Waals surface area contributed by atoms with Gasteiger partial charge in [-0.1, -0.05) is 12.8 Å². The SMILES string of the molecule is CCN(C(=O)c1cc(I)ccc1Br)C1CCCCC1CN. The Hall–Kier alpha value is -0.140. The van der Waals surface area contributed by atoms with Crippen LogP contribution in [-0.2, 0) is 0 Å². The van der Waals surface area contributed by atoms with Crippen molar-refractivity contribution >= 4 is 44.4 Å². The van der Waals surface area contributed by atoms with Gasteiger partial charge in [0, 0.05) is 20.6 Å². The van der Waals surface area contributed by atoms with E-state index in [0.717, 1.165) is 33.0 Å². The molecule has 1 saturated carbocycles. The second-order valence-electron chi connectivity index (χ2n) is 5.56. The zero-order valence-electron chi connectivity index (χ0n) is 12.3. The van der Waals surface area contributed by atoms with E-state index < -0.39 is 0 Å². The molecular formula is C16H22BrIN2O. The second kappa shape index (κ2) is 7.92. The van der Waals surface area contributed by atoms with Crippen molar-refractivity contribution in [3.63, 3.8) is 0 Å². The Labute approximate surface area is 148 Å². The van der Waals surface area contributed by atoms with Gasteiger partial charge in [0.15, 0.2) is 0 Å². The number of nitrogens with two attached hydrogens (primary N) is 1. The van der Waals surface area contributed by atoms with Gasteiger partial charge in [-0.3, -0.25) is 4.79 Å². The van der Waals surface area contributed by atoms with Gasteiger partial charge in [-0.05, 0) is 88.9 Å². The molecule has 1 fully saturated rings. The first kappa shape index (κ1) is 17.2. The molecule has 0 saturated heterocycles. The summed E-state index contributed by atoms with van der Waals surface area (Å²) in [5, 5.41) is 0. The molecule has 0 spiro atoms. The predicted molar refractivity (Wildman–Crippen MR) is 98.4 cm³/mol. The van der Waals surface area contributed by atoms with Gasteiger partial charge in [-0.2, -0.15) is 0 Å². The molecule has 2 unspecified atom stereocenters. The highest BCUT2D eigenvalue weighted by molar-refractivity contribution is 14.1. The van der Waals surface area contributed by atoms with Gasteiger partial charge >= 0.3 is 0 Å². The van der Waals surface area contributed by atoms with Crippen LogP contribution in [0, 0.1) is 9.49 Å². The molecule has 2 atom stereocenters. The van der Waals surface area contributed by atoms with Crippen LogP contribution in [0.3, 0.4) is 0 Å². The van der Waals surface area contributed by atoms with Gasteiger partial charge in [0.05, 0.1) is 5.56 Å². The molecule has 1 aromatic carbocycles. The van der Waals surface area contributed by atoms with E-state index >= 15 is 0 Å². The summed E-state index contributed by atoms with van der Waals surface area (Å²) < 4.78 is 1.95. The Balaban J connectivity index is 2.27. The Bertz CT molecular complexity index is 509. The summed E-state index contributed by atoms with van der Waals surface area (Å²) in [7, 11) is 0. The summed E-state index contributed by atoms with van der Waals surface area (Å²) >= 11 is 5.75. The summed E-state index contributed by atoms with van der Waals surface area (Å²) in [6, 6.07) is 6.19. The highest BCUT2D eigenvalue weighted by Crippen LogP contribution is 2.30. The number of rotatable bonds is 4. The van der Waals surface area contributed by atoms with Gasteiger partial charge < -0.3 is 10.6 Å². The Kier molecular flexibility index (Phi) is 6.50. The molecule has 116 valence electrons. The Morgan fingerprint density at radius 2 is 2.14 bits per heavy atom. The lowest BCUT2D eigenvalue weighted by Gasteiger charge is -2.39. The van der Waals surface area contributed by atoms with E-state index in [2.05, 4.69) is 45.4 Å². The van der Waals surface area contributed by atoms with Crippen molar-refractivity contribution in [1.82, 2.24) is 4.90 Å². The highest BCUT2D eigenvalue weighted by atomic mass is 127. The van der Waals surface area contributed by atoms with E-state index in [4.69, 9.17) is 5.73 Å². The molecule has 0 aliphatic heterocycles. The summed E-state index contributed by atoms with van der Waals surface area (Å²) in [6.45, 7) is 3.46. The topological polar surface area (TPSA) is 46.3 Å². The van der Waals surface area contributed by atoms with Crippen molar-refractivity contribution in [2.75, 3.05) is 13.1 Å². The molecule has 0 radical (unpaired) electrons. The number of carbonyl (C=O) groups is 1. The van der Waals surface area contributed by atoms with E-state index in [0.29, 0.717) is 12.5 Å². The smallest absolute Gasteiger partial charge is 0.255 e. The van der Waals surface area contributed by atoms with Crippen molar-refractivity contribution in [3.05, 3.63) is 31.8 Å². The van der Waals surface area contributed by atoms with Gasteiger partial charge in [0.1, 0.15) is 0 Å². The zero-order valence-corrected chi connectivity index (χ0v) is 16.1. The molecule has 1 aliphatic rings. The van der Waals surface area contributed by atoms with Gasteiger partial charge in [-0.15, -0.1) is 0 Å². The van der Waals surface area contributed by atoms with E-state index in [1.165, 1.54) is 12.8 Å². The van der Waals surface area contributed by atoms with Gasteiger partial charge in [0.25, 0.3) is 5.91 Å². The number of carbonyl (C=O) groups excluding carboxylic acids is 1. The van der Waals surface area contributed by atoms with Crippen LogP contribution in [0.5, 0.6) is 0 Å². The first-order chi connectivity index (χ1) is 10.1. The van der Waals surface area contributed by atoms with Crippen molar-refractivity contribution < 1.29 is 4.79 Å². The fraction of sp³-hybridized carbons (Fsp3) is 0.562. The van der Waals surface area contributed by atoms with Gasteiger partial charge in [-0.25, -0.2) is 0 Å². The number of benzene rings is 1. The molecule has 2 N–H and O–H groups in total. The van der Waals surface area contributed by atoms with Crippen LogP contribution in [0.4, 0.5) is 0 Å². The normalized spacial score (nSPS) is 22.1. The van der Waals surface area contributed by atoms with Crippen LogP contribution in [0.25, 0.3) is 0 Å². The predicted octanol–water partition coefficient (Wildman–Crippen LogP) is 4.03. The van der Waals surface area contributed by atoms with Crippen LogP contribution in [0.2, 0.25) is 0 Å². The minimum Gasteiger partial charge on any atom is -0.336 e. The van der Waals surface area contributed by atoms with Crippen molar-refractivity contribution in [2.24, 2.45) is 11.7 Å². The molecule has 21 heavy (non-hydrogen) atoms. The summed E-state index contributed by atoms with van der Waals surface area (Å²) in [5.74, 6) is 0.553.